The average Bonchev–Trinajstić information content (AvgIpc) is 2.47. The summed E-state index contributed by atoms with van der Waals surface area (Å²) in [6, 6.07) is 3.10. The summed E-state index contributed by atoms with van der Waals surface area (Å²) >= 11 is 0. The van der Waals surface area contributed by atoms with Gasteiger partial charge in [-0.1, -0.05) is 0 Å². The molecule has 138 valence electrons. The zero-order chi connectivity index (χ0) is 18.8. The zero-order valence-corrected chi connectivity index (χ0v) is 14.4. The van der Waals surface area contributed by atoms with Crippen LogP contribution in [0.4, 0.5) is 9.18 Å². The van der Waals surface area contributed by atoms with Crippen LogP contribution in [0.5, 0.6) is 5.75 Å². The molecule has 0 bridgehead atoms. The third kappa shape index (κ3) is 5.06. The molecule has 0 saturated carbocycles. The van der Waals surface area contributed by atoms with Gasteiger partial charge in [-0.3, -0.25) is 0 Å². The molecule has 1 aromatic rings. The van der Waals surface area contributed by atoms with Gasteiger partial charge in [0, 0.05) is 19.0 Å². The number of carbonyl (C=O) groups excluding carboxylic acids is 1. The first-order chi connectivity index (χ1) is 11.6. The lowest BCUT2D eigenvalue weighted by molar-refractivity contribution is -0.0377. The predicted octanol–water partition coefficient (Wildman–Crippen LogP) is 2.27. The molecule has 1 fully saturated rings. The fourth-order valence-corrected chi connectivity index (χ4v) is 2.47. The van der Waals surface area contributed by atoms with Crippen LogP contribution < -0.4 is 4.74 Å². The molecule has 2 rings (SSSR count). The van der Waals surface area contributed by atoms with E-state index in [1.54, 1.807) is 20.8 Å². The van der Waals surface area contributed by atoms with Crippen molar-refractivity contribution in [2.45, 2.75) is 45.0 Å². The molecule has 1 amide bonds. The van der Waals surface area contributed by atoms with Crippen LogP contribution in [0.3, 0.4) is 0 Å². The van der Waals surface area contributed by atoms with E-state index in [1.165, 1.54) is 4.90 Å². The molecule has 2 N–H and O–H groups in total. The summed E-state index contributed by atoms with van der Waals surface area (Å²) in [5.41, 5.74) is -0.837. The number of aliphatic hydroxyl groups is 1. The van der Waals surface area contributed by atoms with Gasteiger partial charge in [0.15, 0.2) is 0 Å². The number of rotatable bonds is 3. The molecule has 7 nitrogen and oxygen atoms in total. The largest absolute Gasteiger partial charge is 0.487 e. The van der Waals surface area contributed by atoms with Gasteiger partial charge in [-0.15, -0.1) is 0 Å². The second kappa shape index (κ2) is 7.26. The summed E-state index contributed by atoms with van der Waals surface area (Å²) in [5.74, 6) is -2.04. The first kappa shape index (κ1) is 19.0. The van der Waals surface area contributed by atoms with E-state index in [-0.39, 0.29) is 30.8 Å². The molecule has 0 radical (unpaired) electrons. The number of hydrogen-bond acceptors (Lipinski definition) is 5. The molecule has 2 atom stereocenters. The maximum atomic E-state index is 13.4. The van der Waals surface area contributed by atoms with Gasteiger partial charge in [-0.25, -0.2) is 14.0 Å². The lowest BCUT2D eigenvalue weighted by Gasteiger charge is -2.36. The van der Waals surface area contributed by atoms with Crippen molar-refractivity contribution in [1.29, 1.82) is 0 Å². The molecular weight excluding hydrogens is 333 g/mol. The Balaban J connectivity index is 2.04. The summed E-state index contributed by atoms with van der Waals surface area (Å²) in [7, 11) is 0. The number of halogens is 1. The van der Waals surface area contributed by atoms with Gasteiger partial charge >= 0.3 is 12.1 Å². The summed E-state index contributed by atoms with van der Waals surface area (Å²) in [4.78, 5) is 24.6. The number of amides is 1. The number of likely N-dealkylation sites (tertiary alicyclic amines) is 1. The van der Waals surface area contributed by atoms with Crippen LogP contribution in [-0.4, -0.2) is 58.1 Å². The number of carbonyl (C=O) groups is 2. The van der Waals surface area contributed by atoms with Crippen molar-refractivity contribution in [3.8, 4) is 5.75 Å². The maximum Gasteiger partial charge on any atom is 0.410 e. The van der Waals surface area contributed by atoms with Crippen LogP contribution in [0, 0.1) is 5.82 Å². The van der Waals surface area contributed by atoms with Crippen LogP contribution in [0.2, 0.25) is 0 Å². The molecular formula is C17H22FNO6. The normalized spacial score (nSPS) is 20.9. The molecule has 1 aromatic carbocycles. The number of aromatic carboxylic acids is 1. The molecule has 25 heavy (non-hydrogen) atoms. The number of carboxylic acids is 1. The zero-order valence-electron chi connectivity index (χ0n) is 14.4. The number of hydrogen-bond donors (Lipinski definition) is 2. The highest BCUT2D eigenvalue weighted by Gasteiger charge is 2.34. The minimum absolute atomic E-state index is 0.0166. The van der Waals surface area contributed by atoms with Crippen molar-refractivity contribution < 1.29 is 33.7 Å². The summed E-state index contributed by atoms with van der Waals surface area (Å²) in [6.45, 7) is 5.49. The van der Waals surface area contributed by atoms with Crippen LogP contribution >= 0.6 is 0 Å². The van der Waals surface area contributed by atoms with Gasteiger partial charge in [0.1, 0.15) is 34.9 Å². The second-order valence-electron chi connectivity index (χ2n) is 6.88. The van der Waals surface area contributed by atoms with E-state index in [1.807, 2.05) is 0 Å². The quantitative estimate of drug-likeness (QED) is 0.863. The monoisotopic (exact) mass is 355 g/mol. The van der Waals surface area contributed by atoms with Crippen LogP contribution in [0.15, 0.2) is 18.2 Å². The Morgan fingerprint density at radius 2 is 2.00 bits per heavy atom. The van der Waals surface area contributed by atoms with Crippen molar-refractivity contribution in [3.05, 3.63) is 29.6 Å². The van der Waals surface area contributed by atoms with Crippen molar-refractivity contribution in [2.24, 2.45) is 0 Å². The van der Waals surface area contributed by atoms with Crippen LogP contribution in [-0.2, 0) is 4.74 Å². The van der Waals surface area contributed by atoms with E-state index in [0.717, 1.165) is 18.2 Å². The van der Waals surface area contributed by atoms with Crippen LogP contribution in [0.25, 0.3) is 0 Å². The van der Waals surface area contributed by atoms with Crippen molar-refractivity contribution in [3.63, 3.8) is 0 Å². The smallest absolute Gasteiger partial charge is 0.410 e. The Morgan fingerprint density at radius 3 is 2.56 bits per heavy atom. The third-order valence-corrected chi connectivity index (χ3v) is 3.62. The fourth-order valence-electron chi connectivity index (χ4n) is 2.47. The molecule has 0 spiro atoms. The lowest BCUT2D eigenvalue weighted by atomic mass is 10.0. The van der Waals surface area contributed by atoms with E-state index in [0.29, 0.717) is 0 Å². The van der Waals surface area contributed by atoms with E-state index in [4.69, 9.17) is 14.6 Å². The molecule has 0 aliphatic carbocycles. The highest BCUT2D eigenvalue weighted by molar-refractivity contribution is 5.90. The second-order valence-corrected chi connectivity index (χ2v) is 6.88. The topological polar surface area (TPSA) is 96.3 Å². The first-order valence-corrected chi connectivity index (χ1v) is 7.92. The van der Waals surface area contributed by atoms with Crippen molar-refractivity contribution in [2.75, 3.05) is 13.1 Å². The highest BCUT2D eigenvalue weighted by Crippen LogP contribution is 2.25. The molecule has 1 saturated heterocycles. The minimum atomic E-state index is -1.25. The molecule has 8 heteroatoms. The molecule has 1 aliphatic heterocycles. The van der Waals surface area contributed by atoms with Gasteiger partial charge < -0.3 is 24.6 Å². The molecule has 0 aromatic heterocycles. The number of aliphatic hydroxyl groups excluding tert-OH is 1. The van der Waals surface area contributed by atoms with Crippen LogP contribution in [0.1, 0.15) is 37.6 Å². The molecule has 1 aliphatic rings. The van der Waals surface area contributed by atoms with E-state index < -0.39 is 35.7 Å². The van der Waals surface area contributed by atoms with E-state index in [2.05, 4.69) is 0 Å². The number of carboxylic acid groups (broad SMARTS) is 1. The molecule has 0 unspecified atom stereocenters. The van der Waals surface area contributed by atoms with Gasteiger partial charge in [0.05, 0.1) is 6.54 Å². The number of benzene rings is 1. The maximum absolute atomic E-state index is 13.4. The predicted molar refractivity (Wildman–Crippen MR) is 86.2 cm³/mol. The Labute approximate surface area is 145 Å². The van der Waals surface area contributed by atoms with Crippen molar-refractivity contribution >= 4 is 12.1 Å². The Hall–Kier alpha value is -2.35. The first-order valence-electron chi connectivity index (χ1n) is 7.92. The number of β-amino-alcohol motifs (C(OH)–C–C–N with tert-alkyl or cyclic N) is 1. The number of piperidine rings is 1. The number of ether oxygens (including phenoxy) is 2. The third-order valence-electron chi connectivity index (χ3n) is 3.62. The SMILES string of the molecule is CC(C)(C)OC(=O)N1CC[C@@H](Oc2cc(F)ccc2C(=O)O)[C@@H](O)C1. The van der Waals surface area contributed by atoms with E-state index >= 15 is 0 Å². The van der Waals surface area contributed by atoms with Gasteiger partial charge in [0.25, 0.3) is 0 Å². The van der Waals surface area contributed by atoms with E-state index in [9.17, 15) is 19.1 Å². The highest BCUT2D eigenvalue weighted by atomic mass is 19.1. The summed E-state index contributed by atoms with van der Waals surface area (Å²) < 4.78 is 24.2. The fraction of sp³-hybridized carbons (Fsp3) is 0.529. The number of nitrogens with zero attached hydrogens (tertiary/aromatic N) is 1. The summed E-state index contributed by atoms with van der Waals surface area (Å²) in [5, 5.41) is 19.4. The molecule has 1 heterocycles. The Bertz CT molecular complexity index is 657. The average molecular weight is 355 g/mol. The lowest BCUT2D eigenvalue weighted by Crippen LogP contribution is -2.52. The van der Waals surface area contributed by atoms with Gasteiger partial charge in [-0.2, -0.15) is 0 Å². The van der Waals surface area contributed by atoms with Crippen molar-refractivity contribution in [1.82, 2.24) is 4.90 Å². The summed E-state index contributed by atoms with van der Waals surface area (Å²) in [6.07, 6.45) is -2.08. The Morgan fingerprint density at radius 1 is 1.32 bits per heavy atom. The van der Waals surface area contributed by atoms with Gasteiger partial charge in [-0.05, 0) is 32.9 Å². The minimum Gasteiger partial charge on any atom is -0.487 e. The Kier molecular flexibility index (Phi) is 5.52. The van der Waals surface area contributed by atoms with Gasteiger partial charge in [0.2, 0.25) is 0 Å². The standard InChI is InChI=1S/C17H22FNO6/c1-17(2,3)25-16(23)19-7-6-13(12(20)9-19)24-14-8-10(18)4-5-11(14)15(21)22/h4-5,8,12-13,20H,6-7,9H2,1-3H3,(H,21,22)/t12-,13+/m0/s1.